The highest BCUT2D eigenvalue weighted by Crippen LogP contribution is 2.37. The molecule has 1 atom stereocenters. The van der Waals surface area contributed by atoms with Gasteiger partial charge in [-0.3, -0.25) is 4.79 Å². The lowest BCUT2D eigenvalue weighted by Crippen LogP contribution is -2.53. The van der Waals surface area contributed by atoms with Gasteiger partial charge in [0.05, 0.1) is 10.4 Å². The Balaban J connectivity index is 1.99. The van der Waals surface area contributed by atoms with Crippen molar-refractivity contribution in [3.63, 3.8) is 0 Å². The van der Waals surface area contributed by atoms with Crippen LogP contribution in [-0.4, -0.2) is 30.2 Å². The molecule has 1 heterocycles. The first kappa shape index (κ1) is 15.7. The Hall–Kier alpha value is -0.680. The molecule has 5 heteroatoms. The Kier molecular flexibility index (Phi) is 5.38. The van der Waals surface area contributed by atoms with Crippen LogP contribution in [0.2, 0.25) is 0 Å². The molecule has 2 fully saturated rings. The topological polar surface area (TPSA) is 64.4 Å². The van der Waals surface area contributed by atoms with E-state index in [2.05, 4.69) is 12.2 Å². The van der Waals surface area contributed by atoms with Crippen LogP contribution in [0.5, 0.6) is 0 Å². The lowest BCUT2D eigenvalue weighted by atomic mass is 9.73. The first-order valence-electron chi connectivity index (χ1n) is 7.75. The molecule has 4 nitrogen and oxygen atoms in total. The highest BCUT2D eigenvalue weighted by Gasteiger charge is 2.43. The highest BCUT2D eigenvalue weighted by atomic mass is 32.1. The predicted octanol–water partition coefficient (Wildman–Crippen LogP) is 2.15. The first-order chi connectivity index (χ1) is 9.56. The molecule has 0 aromatic rings. The molecule has 0 aromatic heterocycles. The summed E-state index contributed by atoms with van der Waals surface area (Å²) < 4.78 is 5.38. The molecule has 1 aliphatic heterocycles. The summed E-state index contributed by atoms with van der Waals surface area (Å²) in [5.74, 6) is 0.545. The molecule has 1 amide bonds. The molecule has 0 bridgehead atoms. The zero-order chi connectivity index (χ0) is 14.6. The number of thiocarbonyl (C=S) groups is 1. The van der Waals surface area contributed by atoms with Crippen molar-refractivity contribution in [2.75, 3.05) is 13.2 Å². The van der Waals surface area contributed by atoms with Gasteiger partial charge in [0, 0.05) is 19.3 Å². The Morgan fingerprint density at radius 3 is 2.45 bits per heavy atom. The van der Waals surface area contributed by atoms with Crippen LogP contribution in [0.1, 0.15) is 51.9 Å². The summed E-state index contributed by atoms with van der Waals surface area (Å²) in [5, 5.41) is 3.18. The summed E-state index contributed by atoms with van der Waals surface area (Å²) in [6.45, 7) is 3.68. The minimum atomic E-state index is -0.604. The second kappa shape index (κ2) is 6.85. The standard InChI is InChI=1S/C15H26N2O2S/c1-11(12-5-9-19-10-6-12)17-14(18)15(13(16)20)7-3-2-4-8-15/h11-12H,2-10H2,1H3,(H2,16,20)(H,17,18). The number of carbonyl (C=O) groups excluding carboxylic acids is 1. The van der Waals surface area contributed by atoms with E-state index in [0.717, 1.165) is 51.7 Å². The second-order valence-electron chi connectivity index (χ2n) is 6.22. The minimum absolute atomic E-state index is 0.0451. The number of hydrogen-bond acceptors (Lipinski definition) is 3. The van der Waals surface area contributed by atoms with Gasteiger partial charge in [-0.15, -0.1) is 0 Å². The summed E-state index contributed by atoms with van der Waals surface area (Å²) in [6, 6.07) is 0.166. The van der Waals surface area contributed by atoms with Crippen LogP contribution < -0.4 is 11.1 Å². The molecular weight excluding hydrogens is 272 g/mol. The highest BCUT2D eigenvalue weighted by molar-refractivity contribution is 7.80. The lowest BCUT2D eigenvalue weighted by molar-refractivity contribution is -0.130. The molecule has 1 aliphatic carbocycles. The third kappa shape index (κ3) is 3.31. The van der Waals surface area contributed by atoms with E-state index < -0.39 is 5.41 Å². The molecule has 0 spiro atoms. The molecule has 20 heavy (non-hydrogen) atoms. The van der Waals surface area contributed by atoms with Crippen LogP contribution in [0.25, 0.3) is 0 Å². The van der Waals surface area contributed by atoms with Crippen molar-refractivity contribution in [3.8, 4) is 0 Å². The summed E-state index contributed by atoms with van der Waals surface area (Å²) in [7, 11) is 0. The molecule has 3 N–H and O–H groups in total. The van der Waals surface area contributed by atoms with E-state index in [0.29, 0.717) is 10.9 Å². The van der Waals surface area contributed by atoms with Gasteiger partial charge in [0.1, 0.15) is 0 Å². The van der Waals surface area contributed by atoms with E-state index in [1.165, 1.54) is 6.42 Å². The van der Waals surface area contributed by atoms with Gasteiger partial charge in [-0.05, 0) is 38.5 Å². The van der Waals surface area contributed by atoms with Crippen molar-refractivity contribution in [2.24, 2.45) is 17.1 Å². The average Bonchev–Trinajstić information content (AvgIpc) is 2.48. The van der Waals surface area contributed by atoms with Crippen LogP contribution in [0, 0.1) is 11.3 Å². The Labute approximate surface area is 126 Å². The number of carbonyl (C=O) groups is 1. The van der Waals surface area contributed by atoms with Crippen molar-refractivity contribution in [2.45, 2.75) is 57.9 Å². The third-order valence-corrected chi connectivity index (χ3v) is 5.34. The Morgan fingerprint density at radius 1 is 1.30 bits per heavy atom. The van der Waals surface area contributed by atoms with Gasteiger partial charge in [0.25, 0.3) is 0 Å². The molecule has 1 saturated carbocycles. The largest absolute Gasteiger partial charge is 0.392 e. The van der Waals surface area contributed by atoms with Gasteiger partial charge in [0.15, 0.2) is 0 Å². The van der Waals surface area contributed by atoms with Crippen LogP contribution in [0.15, 0.2) is 0 Å². The summed E-state index contributed by atoms with van der Waals surface area (Å²) in [5.41, 5.74) is 5.30. The number of rotatable bonds is 4. The van der Waals surface area contributed by atoms with Gasteiger partial charge in [-0.1, -0.05) is 31.5 Å². The summed E-state index contributed by atoms with van der Waals surface area (Å²) in [4.78, 5) is 13.1. The normalized spacial score (nSPS) is 24.9. The number of nitrogens with two attached hydrogens (primary N) is 1. The van der Waals surface area contributed by atoms with Gasteiger partial charge < -0.3 is 15.8 Å². The van der Waals surface area contributed by atoms with Gasteiger partial charge >= 0.3 is 0 Å². The Morgan fingerprint density at radius 2 is 1.90 bits per heavy atom. The third-order valence-electron chi connectivity index (χ3n) is 4.95. The van der Waals surface area contributed by atoms with Crippen LogP contribution in [-0.2, 0) is 9.53 Å². The van der Waals surface area contributed by atoms with Crippen molar-refractivity contribution in [1.82, 2.24) is 5.32 Å². The smallest absolute Gasteiger partial charge is 0.233 e. The monoisotopic (exact) mass is 298 g/mol. The molecule has 1 unspecified atom stereocenters. The quantitative estimate of drug-likeness (QED) is 0.781. The van der Waals surface area contributed by atoms with Crippen molar-refractivity contribution >= 4 is 23.1 Å². The lowest BCUT2D eigenvalue weighted by Gasteiger charge is -2.37. The van der Waals surface area contributed by atoms with Crippen molar-refractivity contribution in [1.29, 1.82) is 0 Å². The Bertz CT molecular complexity index is 361. The fraction of sp³-hybridized carbons (Fsp3) is 0.867. The molecule has 2 aliphatic rings. The number of amides is 1. The van der Waals surface area contributed by atoms with E-state index in [1.807, 2.05) is 0 Å². The summed E-state index contributed by atoms with van der Waals surface area (Å²) in [6.07, 6.45) is 6.88. The van der Waals surface area contributed by atoms with E-state index >= 15 is 0 Å². The van der Waals surface area contributed by atoms with Crippen molar-refractivity contribution < 1.29 is 9.53 Å². The number of ether oxygens (including phenoxy) is 1. The van der Waals surface area contributed by atoms with E-state index in [1.54, 1.807) is 0 Å². The number of nitrogens with one attached hydrogen (secondary N) is 1. The second-order valence-corrected chi connectivity index (χ2v) is 6.66. The zero-order valence-electron chi connectivity index (χ0n) is 12.3. The maximum absolute atomic E-state index is 12.7. The molecule has 1 saturated heterocycles. The molecular formula is C15H26N2O2S. The summed E-state index contributed by atoms with van der Waals surface area (Å²) >= 11 is 5.21. The number of hydrogen-bond donors (Lipinski definition) is 2. The molecule has 2 rings (SSSR count). The fourth-order valence-corrected chi connectivity index (χ4v) is 3.72. The van der Waals surface area contributed by atoms with Crippen LogP contribution in [0.3, 0.4) is 0 Å². The zero-order valence-corrected chi connectivity index (χ0v) is 13.1. The maximum Gasteiger partial charge on any atom is 0.233 e. The van der Waals surface area contributed by atoms with E-state index in [4.69, 9.17) is 22.7 Å². The first-order valence-corrected chi connectivity index (χ1v) is 8.16. The fourth-order valence-electron chi connectivity index (χ4n) is 3.42. The maximum atomic E-state index is 12.7. The predicted molar refractivity (Wildman–Crippen MR) is 83.5 cm³/mol. The van der Waals surface area contributed by atoms with Crippen LogP contribution >= 0.6 is 12.2 Å². The molecule has 0 radical (unpaired) electrons. The van der Waals surface area contributed by atoms with E-state index in [-0.39, 0.29) is 11.9 Å². The van der Waals surface area contributed by atoms with Gasteiger partial charge in [0.2, 0.25) is 5.91 Å². The minimum Gasteiger partial charge on any atom is -0.392 e. The SMILES string of the molecule is CC(NC(=O)C1(C(N)=S)CCCCC1)C1CCOCC1. The van der Waals surface area contributed by atoms with Gasteiger partial charge in [-0.25, -0.2) is 0 Å². The van der Waals surface area contributed by atoms with Crippen molar-refractivity contribution in [3.05, 3.63) is 0 Å². The average molecular weight is 298 g/mol. The molecule has 0 aromatic carbocycles. The van der Waals surface area contributed by atoms with E-state index in [9.17, 15) is 4.79 Å². The van der Waals surface area contributed by atoms with Gasteiger partial charge in [-0.2, -0.15) is 0 Å². The molecule has 114 valence electrons. The van der Waals surface area contributed by atoms with Crippen LogP contribution in [0.4, 0.5) is 0 Å².